The van der Waals surface area contributed by atoms with Crippen LogP contribution < -0.4 is 5.32 Å². The molecule has 1 atom stereocenters. The van der Waals surface area contributed by atoms with E-state index in [4.69, 9.17) is 4.74 Å². The fourth-order valence-corrected chi connectivity index (χ4v) is 3.44. The molecule has 1 fully saturated rings. The number of anilines is 1. The van der Waals surface area contributed by atoms with Crippen molar-refractivity contribution >= 4 is 17.7 Å². The average Bonchev–Trinajstić information content (AvgIpc) is 2.47. The summed E-state index contributed by atoms with van der Waals surface area (Å²) in [6.07, 6.45) is 1.96. The molecule has 0 bridgehead atoms. The highest BCUT2D eigenvalue weighted by atomic mass is 16.6. The van der Waals surface area contributed by atoms with Crippen LogP contribution in [0, 0.1) is 5.41 Å². The maximum Gasteiger partial charge on any atom is 0.410 e. The standard InChI is InChI=1S/C18H24N2O3/c1-17(2,3)23-16(22)20-10-6-9-18(12-20)11-13-7-4-5-8-14(13)19-15(18)21/h4-5,7-8H,6,9-12H2,1-3H3,(H,19,21)/t18-/m1/s1. The highest BCUT2D eigenvalue weighted by Gasteiger charge is 2.46. The van der Waals surface area contributed by atoms with Gasteiger partial charge in [0.15, 0.2) is 0 Å². The lowest BCUT2D eigenvalue weighted by molar-refractivity contribution is -0.129. The second-order valence-corrected chi connectivity index (χ2v) is 7.57. The number of ether oxygens (including phenoxy) is 1. The summed E-state index contributed by atoms with van der Waals surface area (Å²) < 4.78 is 5.47. The largest absolute Gasteiger partial charge is 0.444 e. The fourth-order valence-electron chi connectivity index (χ4n) is 3.44. The molecule has 5 heteroatoms. The van der Waals surface area contributed by atoms with E-state index in [1.807, 2.05) is 45.0 Å². The van der Waals surface area contributed by atoms with Gasteiger partial charge in [0.25, 0.3) is 0 Å². The Morgan fingerprint density at radius 3 is 2.78 bits per heavy atom. The molecule has 1 saturated heterocycles. The predicted molar refractivity (Wildman–Crippen MR) is 88.2 cm³/mol. The summed E-state index contributed by atoms with van der Waals surface area (Å²) in [5, 5.41) is 3.01. The topological polar surface area (TPSA) is 58.6 Å². The highest BCUT2D eigenvalue weighted by molar-refractivity contribution is 5.99. The van der Waals surface area contributed by atoms with Gasteiger partial charge in [-0.1, -0.05) is 18.2 Å². The molecule has 1 aromatic rings. The van der Waals surface area contributed by atoms with E-state index in [1.54, 1.807) is 4.90 Å². The molecule has 1 spiro atoms. The quantitative estimate of drug-likeness (QED) is 0.799. The van der Waals surface area contributed by atoms with Crippen molar-refractivity contribution in [3.05, 3.63) is 29.8 Å². The van der Waals surface area contributed by atoms with E-state index in [1.165, 1.54) is 0 Å². The van der Waals surface area contributed by atoms with Crippen LogP contribution in [0.2, 0.25) is 0 Å². The highest BCUT2D eigenvalue weighted by Crippen LogP contribution is 2.40. The monoisotopic (exact) mass is 316 g/mol. The molecule has 0 aromatic heterocycles. The fraction of sp³-hybridized carbons (Fsp3) is 0.556. The van der Waals surface area contributed by atoms with Crippen molar-refractivity contribution in [2.45, 2.75) is 45.6 Å². The van der Waals surface area contributed by atoms with E-state index in [0.29, 0.717) is 19.5 Å². The number of benzene rings is 1. The van der Waals surface area contributed by atoms with Gasteiger partial charge in [-0.25, -0.2) is 4.79 Å². The summed E-state index contributed by atoms with van der Waals surface area (Å²) in [5.74, 6) is 0.0180. The number of nitrogens with one attached hydrogen (secondary N) is 1. The van der Waals surface area contributed by atoms with Gasteiger partial charge in [-0.15, -0.1) is 0 Å². The van der Waals surface area contributed by atoms with Crippen LogP contribution in [-0.4, -0.2) is 35.6 Å². The molecule has 1 N–H and O–H groups in total. The van der Waals surface area contributed by atoms with Crippen molar-refractivity contribution in [2.75, 3.05) is 18.4 Å². The number of nitrogens with zero attached hydrogens (tertiary/aromatic N) is 1. The number of carbonyl (C=O) groups is 2. The normalized spacial score (nSPS) is 24.1. The van der Waals surface area contributed by atoms with Crippen molar-refractivity contribution < 1.29 is 14.3 Å². The first-order valence-electron chi connectivity index (χ1n) is 8.16. The maximum atomic E-state index is 12.7. The van der Waals surface area contributed by atoms with Crippen LogP contribution in [0.25, 0.3) is 0 Å². The molecule has 0 saturated carbocycles. The molecular weight excluding hydrogens is 292 g/mol. The van der Waals surface area contributed by atoms with Crippen LogP contribution in [0.5, 0.6) is 0 Å². The minimum atomic E-state index is -0.538. The molecule has 1 aromatic carbocycles. The number of para-hydroxylation sites is 1. The summed E-state index contributed by atoms with van der Waals surface area (Å²) in [7, 11) is 0. The second-order valence-electron chi connectivity index (χ2n) is 7.57. The SMILES string of the molecule is CC(C)(C)OC(=O)N1CCC[C@@]2(Cc3ccccc3NC2=O)C1. The summed E-state index contributed by atoms with van der Waals surface area (Å²) in [6, 6.07) is 7.88. The summed E-state index contributed by atoms with van der Waals surface area (Å²) in [5.41, 5.74) is 0.961. The Balaban J connectivity index is 1.80. The number of hydrogen-bond acceptors (Lipinski definition) is 3. The molecule has 3 rings (SSSR count). The van der Waals surface area contributed by atoms with Crippen molar-refractivity contribution in [1.82, 2.24) is 4.90 Å². The lowest BCUT2D eigenvalue weighted by atomic mass is 9.72. The van der Waals surface area contributed by atoms with Crippen LogP contribution in [0.3, 0.4) is 0 Å². The molecule has 5 nitrogen and oxygen atoms in total. The first kappa shape index (κ1) is 15.8. The van der Waals surface area contributed by atoms with Crippen LogP contribution in [0.4, 0.5) is 10.5 Å². The Kier molecular flexibility index (Phi) is 3.82. The van der Waals surface area contributed by atoms with Gasteiger partial charge >= 0.3 is 6.09 Å². The van der Waals surface area contributed by atoms with E-state index in [2.05, 4.69) is 5.32 Å². The van der Waals surface area contributed by atoms with Crippen LogP contribution in [-0.2, 0) is 16.0 Å². The number of piperidine rings is 1. The van der Waals surface area contributed by atoms with Crippen molar-refractivity contribution in [3.8, 4) is 0 Å². The Hall–Kier alpha value is -2.04. The molecule has 2 heterocycles. The Bertz CT molecular complexity index is 635. The molecular formula is C18H24N2O3. The van der Waals surface area contributed by atoms with E-state index >= 15 is 0 Å². The van der Waals surface area contributed by atoms with Crippen LogP contribution >= 0.6 is 0 Å². The Labute approximate surface area is 137 Å². The van der Waals surface area contributed by atoms with Gasteiger partial charge in [-0.2, -0.15) is 0 Å². The number of fused-ring (bicyclic) bond motifs is 1. The lowest BCUT2D eigenvalue weighted by Crippen LogP contribution is -2.55. The van der Waals surface area contributed by atoms with E-state index in [9.17, 15) is 9.59 Å². The number of carbonyl (C=O) groups excluding carboxylic acids is 2. The maximum absolute atomic E-state index is 12.7. The Morgan fingerprint density at radius 1 is 1.30 bits per heavy atom. The lowest BCUT2D eigenvalue weighted by Gasteiger charge is -2.44. The third-order valence-corrected chi connectivity index (χ3v) is 4.50. The third kappa shape index (κ3) is 3.19. The molecule has 2 aliphatic rings. The Morgan fingerprint density at radius 2 is 2.04 bits per heavy atom. The second kappa shape index (κ2) is 5.55. The summed E-state index contributed by atoms with van der Waals surface area (Å²) >= 11 is 0. The van der Waals surface area contributed by atoms with E-state index in [-0.39, 0.29) is 12.0 Å². The number of amides is 2. The average molecular weight is 316 g/mol. The van der Waals surface area contributed by atoms with Crippen molar-refractivity contribution in [2.24, 2.45) is 5.41 Å². The van der Waals surface area contributed by atoms with Crippen LogP contribution in [0.15, 0.2) is 24.3 Å². The molecule has 0 unspecified atom stereocenters. The third-order valence-electron chi connectivity index (χ3n) is 4.50. The van der Waals surface area contributed by atoms with Gasteiger partial charge in [0.05, 0.1) is 5.41 Å². The van der Waals surface area contributed by atoms with Gasteiger partial charge in [-0.05, 0) is 51.7 Å². The van der Waals surface area contributed by atoms with Gasteiger partial charge in [0.1, 0.15) is 5.60 Å². The summed E-state index contributed by atoms with van der Waals surface area (Å²) in [4.78, 5) is 26.7. The van der Waals surface area contributed by atoms with Gasteiger partial charge in [0, 0.05) is 18.8 Å². The molecule has 0 radical (unpaired) electrons. The zero-order valence-electron chi connectivity index (χ0n) is 14.0. The van der Waals surface area contributed by atoms with Crippen molar-refractivity contribution in [3.63, 3.8) is 0 Å². The van der Waals surface area contributed by atoms with Crippen molar-refractivity contribution in [1.29, 1.82) is 0 Å². The number of hydrogen-bond donors (Lipinski definition) is 1. The minimum absolute atomic E-state index is 0.0180. The van der Waals surface area contributed by atoms with Gasteiger partial charge in [0.2, 0.25) is 5.91 Å². The predicted octanol–water partition coefficient (Wildman–Crippen LogP) is 3.20. The van der Waals surface area contributed by atoms with Crippen LogP contribution in [0.1, 0.15) is 39.2 Å². The molecule has 124 valence electrons. The number of likely N-dealkylation sites (tertiary alicyclic amines) is 1. The number of rotatable bonds is 0. The van der Waals surface area contributed by atoms with Gasteiger partial charge < -0.3 is 15.0 Å². The smallest absolute Gasteiger partial charge is 0.410 e. The molecule has 2 amide bonds. The molecule has 23 heavy (non-hydrogen) atoms. The van der Waals surface area contributed by atoms with E-state index in [0.717, 1.165) is 24.1 Å². The molecule has 0 aliphatic carbocycles. The minimum Gasteiger partial charge on any atom is -0.444 e. The zero-order chi connectivity index (χ0) is 16.7. The molecule has 2 aliphatic heterocycles. The first-order chi connectivity index (χ1) is 10.8. The summed E-state index contributed by atoms with van der Waals surface area (Å²) in [6.45, 7) is 6.63. The van der Waals surface area contributed by atoms with E-state index < -0.39 is 11.0 Å². The first-order valence-corrected chi connectivity index (χ1v) is 8.16. The zero-order valence-corrected chi connectivity index (χ0v) is 14.0. The van der Waals surface area contributed by atoms with Gasteiger partial charge in [-0.3, -0.25) is 4.79 Å².